The van der Waals surface area contributed by atoms with Gasteiger partial charge < -0.3 is 9.80 Å². The molecule has 120 valence electrons. The number of aromatic nitrogens is 2. The zero-order valence-corrected chi connectivity index (χ0v) is 13.4. The predicted octanol–water partition coefficient (Wildman–Crippen LogP) is 2.09. The normalized spacial score (nSPS) is 20.7. The molecule has 0 radical (unpaired) electrons. The Bertz CT molecular complexity index is 717. The van der Waals surface area contributed by atoms with Crippen molar-refractivity contribution in [3.8, 4) is 0 Å². The Morgan fingerprint density at radius 3 is 2.96 bits per heavy atom. The number of rotatable bonds is 2. The molecule has 1 unspecified atom stereocenters. The zero-order valence-electron chi connectivity index (χ0n) is 12.6. The van der Waals surface area contributed by atoms with Crippen molar-refractivity contribution in [2.24, 2.45) is 5.92 Å². The van der Waals surface area contributed by atoms with E-state index in [1.807, 2.05) is 9.80 Å². The van der Waals surface area contributed by atoms with Gasteiger partial charge in [-0.1, -0.05) is 0 Å². The summed E-state index contributed by atoms with van der Waals surface area (Å²) in [7, 11) is 0. The van der Waals surface area contributed by atoms with Gasteiger partial charge in [0.15, 0.2) is 5.82 Å². The number of carbonyl (C=O) groups excluding carboxylic acids is 1. The first-order chi connectivity index (χ1) is 11.2. The summed E-state index contributed by atoms with van der Waals surface area (Å²) in [5.74, 6) is 0.247. The molecule has 0 bridgehead atoms. The van der Waals surface area contributed by atoms with E-state index in [1.165, 1.54) is 22.8 Å². The van der Waals surface area contributed by atoms with E-state index in [4.69, 9.17) is 0 Å². The Morgan fingerprint density at radius 2 is 2.13 bits per heavy atom. The molecule has 1 fully saturated rings. The average molecular weight is 332 g/mol. The van der Waals surface area contributed by atoms with Crippen LogP contribution in [0.15, 0.2) is 23.8 Å². The fourth-order valence-electron chi connectivity index (χ4n) is 3.31. The SMILES string of the molecule is O=C(C1CCN(c2ncc(F)cn2)C1)N1CCc2sccc2C1. The number of hydrogen-bond acceptors (Lipinski definition) is 5. The van der Waals surface area contributed by atoms with Crippen LogP contribution in [-0.4, -0.2) is 40.4 Å². The van der Waals surface area contributed by atoms with Crippen LogP contribution in [0.4, 0.5) is 10.3 Å². The van der Waals surface area contributed by atoms with Gasteiger partial charge in [-0.2, -0.15) is 0 Å². The summed E-state index contributed by atoms with van der Waals surface area (Å²) in [6.45, 7) is 2.87. The summed E-state index contributed by atoms with van der Waals surface area (Å²) in [5.41, 5.74) is 1.28. The minimum absolute atomic E-state index is 0.0242. The maximum Gasteiger partial charge on any atom is 0.227 e. The molecule has 4 rings (SSSR count). The fraction of sp³-hybridized carbons (Fsp3) is 0.438. The lowest BCUT2D eigenvalue weighted by atomic mass is 10.0. The molecule has 7 heteroatoms. The van der Waals surface area contributed by atoms with Crippen molar-refractivity contribution in [3.05, 3.63) is 40.1 Å². The van der Waals surface area contributed by atoms with Crippen molar-refractivity contribution in [1.82, 2.24) is 14.9 Å². The molecule has 23 heavy (non-hydrogen) atoms. The smallest absolute Gasteiger partial charge is 0.227 e. The third kappa shape index (κ3) is 2.81. The second-order valence-corrected chi connectivity index (χ2v) is 7.01. The second kappa shape index (κ2) is 5.88. The lowest BCUT2D eigenvalue weighted by Crippen LogP contribution is -2.40. The molecule has 0 aromatic carbocycles. The molecule has 5 nitrogen and oxygen atoms in total. The van der Waals surface area contributed by atoms with Crippen LogP contribution in [0, 0.1) is 11.7 Å². The summed E-state index contributed by atoms with van der Waals surface area (Å²) in [5, 5.41) is 2.10. The van der Waals surface area contributed by atoms with Gasteiger partial charge in [0.25, 0.3) is 0 Å². The highest BCUT2D eigenvalue weighted by Gasteiger charge is 2.33. The lowest BCUT2D eigenvalue weighted by Gasteiger charge is -2.29. The first kappa shape index (κ1) is 14.6. The number of anilines is 1. The molecular formula is C16H17FN4OS. The van der Waals surface area contributed by atoms with Gasteiger partial charge in [0.1, 0.15) is 0 Å². The van der Waals surface area contributed by atoms with E-state index >= 15 is 0 Å². The topological polar surface area (TPSA) is 49.3 Å². The number of carbonyl (C=O) groups is 1. The zero-order chi connectivity index (χ0) is 15.8. The molecule has 2 aliphatic heterocycles. The largest absolute Gasteiger partial charge is 0.340 e. The van der Waals surface area contributed by atoms with Crippen molar-refractivity contribution >= 4 is 23.2 Å². The van der Waals surface area contributed by atoms with Crippen LogP contribution in [0.2, 0.25) is 0 Å². The fourth-order valence-corrected chi connectivity index (χ4v) is 4.20. The van der Waals surface area contributed by atoms with Crippen LogP contribution in [0.25, 0.3) is 0 Å². The van der Waals surface area contributed by atoms with E-state index in [0.717, 1.165) is 32.5 Å². The van der Waals surface area contributed by atoms with Gasteiger partial charge in [-0.15, -0.1) is 11.3 Å². The van der Waals surface area contributed by atoms with Crippen molar-refractivity contribution < 1.29 is 9.18 Å². The number of nitrogens with zero attached hydrogens (tertiary/aromatic N) is 4. The Balaban J connectivity index is 1.41. The quantitative estimate of drug-likeness (QED) is 0.845. The second-order valence-electron chi connectivity index (χ2n) is 6.01. The van der Waals surface area contributed by atoms with E-state index in [0.29, 0.717) is 12.5 Å². The number of fused-ring (bicyclic) bond motifs is 1. The summed E-state index contributed by atoms with van der Waals surface area (Å²) >= 11 is 1.78. The van der Waals surface area contributed by atoms with Crippen LogP contribution in [0.5, 0.6) is 0 Å². The van der Waals surface area contributed by atoms with Crippen LogP contribution in [0.3, 0.4) is 0 Å². The molecule has 2 aliphatic rings. The molecule has 2 aromatic heterocycles. The summed E-state index contributed by atoms with van der Waals surface area (Å²) < 4.78 is 12.9. The third-order valence-electron chi connectivity index (χ3n) is 4.55. The van der Waals surface area contributed by atoms with E-state index in [9.17, 15) is 9.18 Å². The average Bonchev–Trinajstić information content (AvgIpc) is 3.23. The molecule has 1 atom stereocenters. The Kier molecular flexibility index (Phi) is 3.72. The molecule has 0 aliphatic carbocycles. The molecule has 0 saturated carbocycles. The van der Waals surface area contributed by atoms with E-state index in [1.54, 1.807) is 11.3 Å². The lowest BCUT2D eigenvalue weighted by molar-refractivity contribution is -0.135. The summed E-state index contributed by atoms with van der Waals surface area (Å²) in [6.07, 6.45) is 4.09. The van der Waals surface area contributed by atoms with E-state index in [2.05, 4.69) is 21.4 Å². The van der Waals surface area contributed by atoms with Gasteiger partial charge in [0.05, 0.1) is 18.3 Å². The van der Waals surface area contributed by atoms with Gasteiger partial charge in [0, 0.05) is 31.1 Å². The number of hydrogen-bond donors (Lipinski definition) is 0. The standard InChI is InChI=1S/C16H17FN4OS/c17-13-7-18-16(19-8-13)21-4-1-12(10-21)15(22)20-5-2-14-11(9-20)3-6-23-14/h3,6-8,12H,1-2,4-5,9-10H2. The molecule has 0 N–H and O–H groups in total. The van der Waals surface area contributed by atoms with Crippen LogP contribution in [-0.2, 0) is 17.8 Å². The van der Waals surface area contributed by atoms with Crippen molar-refractivity contribution in [1.29, 1.82) is 0 Å². The molecule has 4 heterocycles. The Morgan fingerprint density at radius 1 is 1.30 bits per heavy atom. The van der Waals surface area contributed by atoms with E-state index < -0.39 is 5.82 Å². The molecule has 1 saturated heterocycles. The highest BCUT2D eigenvalue weighted by Crippen LogP contribution is 2.27. The molecule has 2 aromatic rings. The molecular weight excluding hydrogens is 315 g/mol. The van der Waals surface area contributed by atoms with E-state index in [-0.39, 0.29) is 11.8 Å². The van der Waals surface area contributed by atoms with Gasteiger partial charge in [-0.05, 0) is 29.9 Å². The van der Waals surface area contributed by atoms with Crippen LogP contribution in [0.1, 0.15) is 16.9 Å². The van der Waals surface area contributed by atoms with Crippen molar-refractivity contribution in [3.63, 3.8) is 0 Å². The van der Waals surface area contributed by atoms with Crippen molar-refractivity contribution in [2.75, 3.05) is 24.5 Å². The minimum Gasteiger partial charge on any atom is -0.340 e. The minimum atomic E-state index is -0.444. The third-order valence-corrected chi connectivity index (χ3v) is 5.57. The van der Waals surface area contributed by atoms with Gasteiger partial charge in [0.2, 0.25) is 11.9 Å². The Labute approximate surface area is 137 Å². The van der Waals surface area contributed by atoms with Gasteiger partial charge >= 0.3 is 0 Å². The highest BCUT2D eigenvalue weighted by atomic mass is 32.1. The highest BCUT2D eigenvalue weighted by molar-refractivity contribution is 7.10. The first-order valence-electron chi connectivity index (χ1n) is 7.77. The monoisotopic (exact) mass is 332 g/mol. The van der Waals surface area contributed by atoms with Gasteiger partial charge in [-0.25, -0.2) is 14.4 Å². The number of thiophene rings is 1. The molecule has 0 spiro atoms. The van der Waals surface area contributed by atoms with Crippen LogP contribution < -0.4 is 4.90 Å². The summed E-state index contributed by atoms with van der Waals surface area (Å²) in [4.78, 5) is 26.1. The maximum absolute atomic E-state index is 12.9. The van der Waals surface area contributed by atoms with Gasteiger partial charge in [-0.3, -0.25) is 4.79 Å². The van der Waals surface area contributed by atoms with Crippen molar-refractivity contribution in [2.45, 2.75) is 19.4 Å². The number of amides is 1. The number of halogens is 1. The van der Waals surface area contributed by atoms with Crippen LogP contribution >= 0.6 is 11.3 Å². The summed E-state index contributed by atoms with van der Waals surface area (Å²) in [6, 6.07) is 2.12. The maximum atomic E-state index is 12.9. The Hall–Kier alpha value is -2.02. The first-order valence-corrected chi connectivity index (χ1v) is 8.65. The predicted molar refractivity (Wildman–Crippen MR) is 85.8 cm³/mol. The molecule has 1 amide bonds.